The minimum atomic E-state index is 0.0509. The number of amides is 1. The van der Waals surface area contributed by atoms with Gasteiger partial charge in [-0.05, 0) is 17.7 Å². The van der Waals surface area contributed by atoms with Crippen molar-refractivity contribution in [3.05, 3.63) is 35.4 Å². The summed E-state index contributed by atoms with van der Waals surface area (Å²) in [4.78, 5) is 11.4. The third-order valence-corrected chi connectivity index (χ3v) is 2.47. The van der Waals surface area contributed by atoms with E-state index < -0.39 is 0 Å². The van der Waals surface area contributed by atoms with Gasteiger partial charge in [-0.3, -0.25) is 4.79 Å². The number of rotatable bonds is 7. The molecule has 1 amide bonds. The topological polar surface area (TPSA) is 61.4 Å². The Morgan fingerprint density at radius 1 is 1.24 bits per heavy atom. The summed E-state index contributed by atoms with van der Waals surface area (Å²) in [5.74, 6) is 0.0529. The third-order valence-electron chi connectivity index (χ3n) is 2.47. The van der Waals surface area contributed by atoms with Crippen LogP contribution in [0.25, 0.3) is 0 Å². The average molecular weight is 236 g/mol. The van der Waals surface area contributed by atoms with Crippen molar-refractivity contribution >= 4 is 5.91 Å². The Kier molecular flexibility index (Phi) is 6.29. The van der Waals surface area contributed by atoms with Crippen molar-refractivity contribution in [2.45, 2.75) is 26.5 Å². The van der Waals surface area contributed by atoms with Gasteiger partial charge in [0, 0.05) is 19.5 Å². The second-order valence-electron chi connectivity index (χ2n) is 3.85. The van der Waals surface area contributed by atoms with E-state index in [0.29, 0.717) is 19.5 Å². The first-order valence-electron chi connectivity index (χ1n) is 5.92. The molecule has 0 bridgehead atoms. The summed E-state index contributed by atoms with van der Waals surface area (Å²) in [7, 11) is 0. The van der Waals surface area contributed by atoms with Crippen LogP contribution in [0.2, 0.25) is 0 Å². The Balaban J connectivity index is 2.27. The van der Waals surface area contributed by atoms with Gasteiger partial charge in [0.25, 0.3) is 0 Å². The summed E-state index contributed by atoms with van der Waals surface area (Å²) in [6.07, 6.45) is 0.503. The summed E-state index contributed by atoms with van der Waals surface area (Å²) >= 11 is 0. The van der Waals surface area contributed by atoms with E-state index in [1.807, 2.05) is 31.2 Å². The summed E-state index contributed by atoms with van der Waals surface area (Å²) in [6, 6.07) is 7.55. The molecular weight excluding hydrogens is 216 g/mol. The fourth-order valence-corrected chi connectivity index (χ4v) is 1.43. The highest BCUT2D eigenvalue weighted by Crippen LogP contribution is 2.03. The molecule has 3 N–H and O–H groups in total. The quantitative estimate of drug-likeness (QED) is 0.614. The minimum absolute atomic E-state index is 0.0509. The summed E-state index contributed by atoms with van der Waals surface area (Å²) < 4.78 is 0. The first-order valence-corrected chi connectivity index (χ1v) is 5.92. The Labute approximate surface area is 102 Å². The SMILES string of the molecule is CCNCCC(=O)NCc1ccc(CO)cc1. The summed E-state index contributed by atoms with van der Waals surface area (Å²) in [5, 5.41) is 14.8. The van der Waals surface area contributed by atoms with Crippen molar-refractivity contribution in [3.8, 4) is 0 Å². The highest BCUT2D eigenvalue weighted by Gasteiger charge is 2.00. The van der Waals surface area contributed by atoms with Gasteiger partial charge in [0.2, 0.25) is 5.91 Å². The molecule has 0 spiro atoms. The maximum absolute atomic E-state index is 11.4. The molecule has 17 heavy (non-hydrogen) atoms. The second-order valence-corrected chi connectivity index (χ2v) is 3.85. The number of hydrogen-bond donors (Lipinski definition) is 3. The van der Waals surface area contributed by atoms with Crippen LogP contribution in [0.15, 0.2) is 24.3 Å². The molecule has 0 radical (unpaired) electrons. The van der Waals surface area contributed by atoms with Crippen LogP contribution in [0.3, 0.4) is 0 Å². The van der Waals surface area contributed by atoms with Crippen molar-refractivity contribution in [2.75, 3.05) is 13.1 Å². The molecule has 0 unspecified atom stereocenters. The fraction of sp³-hybridized carbons (Fsp3) is 0.462. The van der Waals surface area contributed by atoms with Gasteiger partial charge < -0.3 is 15.7 Å². The monoisotopic (exact) mass is 236 g/mol. The van der Waals surface area contributed by atoms with Crippen LogP contribution in [0.1, 0.15) is 24.5 Å². The van der Waals surface area contributed by atoms with Gasteiger partial charge in [0.1, 0.15) is 0 Å². The lowest BCUT2D eigenvalue weighted by atomic mass is 10.1. The van der Waals surface area contributed by atoms with Crippen LogP contribution >= 0.6 is 0 Å². The molecule has 4 nitrogen and oxygen atoms in total. The number of hydrogen-bond acceptors (Lipinski definition) is 3. The number of benzene rings is 1. The first kappa shape index (κ1) is 13.7. The largest absolute Gasteiger partial charge is 0.392 e. The molecule has 4 heteroatoms. The zero-order chi connectivity index (χ0) is 12.5. The lowest BCUT2D eigenvalue weighted by Crippen LogP contribution is -2.27. The second kappa shape index (κ2) is 7.81. The van der Waals surface area contributed by atoms with Gasteiger partial charge in [0.15, 0.2) is 0 Å². The van der Waals surface area contributed by atoms with Crippen LogP contribution in [0.5, 0.6) is 0 Å². The molecule has 1 aromatic rings. The third kappa shape index (κ3) is 5.47. The van der Waals surface area contributed by atoms with E-state index >= 15 is 0 Å². The molecule has 0 saturated carbocycles. The molecule has 0 fully saturated rings. The smallest absolute Gasteiger partial charge is 0.221 e. The molecule has 0 aromatic heterocycles. The van der Waals surface area contributed by atoms with Gasteiger partial charge in [-0.1, -0.05) is 31.2 Å². The van der Waals surface area contributed by atoms with Crippen molar-refractivity contribution < 1.29 is 9.90 Å². The van der Waals surface area contributed by atoms with Crippen molar-refractivity contribution in [3.63, 3.8) is 0 Å². The molecule has 0 aliphatic rings. The summed E-state index contributed by atoms with van der Waals surface area (Å²) in [6.45, 7) is 4.20. The molecule has 94 valence electrons. The lowest BCUT2D eigenvalue weighted by molar-refractivity contribution is -0.121. The average Bonchev–Trinajstić information content (AvgIpc) is 2.37. The molecule has 0 heterocycles. The van der Waals surface area contributed by atoms with E-state index in [-0.39, 0.29) is 12.5 Å². The molecule has 0 atom stereocenters. The Morgan fingerprint density at radius 3 is 2.47 bits per heavy atom. The van der Waals surface area contributed by atoms with Gasteiger partial charge >= 0.3 is 0 Å². The highest BCUT2D eigenvalue weighted by atomic mass is 16.3. The predicted molar refractivity (Wildman–Crippen MR) is 67.4 cm³/mol. The number of aliphatic hydroxyl groups excluding tert-OH is 1. The van der Waals surface area contributed by atoms with Crippen LogP contribution in [0.4, 0.5) is 0 Å². The van der Waals surface area contributed by atoms with Gasteiger partial charge in [-0.15, -0.1) is 0 Å². The number of nitrogens with one attached hydrogen (secondary N) is 2. The van der Waals surface area contributed by atoms with Crippen LogP contribution in [-0.4, -0.2) is 24.1 Å². The molecule has 1 rings (SSSR count). The minimum Gasteiger partial charge on any atom is -0.392 e. The van der Waals surface area contributed by atoms with Crippen LogP contribution in [-0.2, 0) is 17.9 Å². The first-order chi connectivity index (χ1) is 8.26. The van der Waals surface area contributed by atoms with Crippen molar-refractivity contribution in [1.29, 1.82) is 0 Å². The zero-order valence-corrected chi connectivity index (χ0v) is 10.2. The molecule has 1 aromatic carbocycles. The normalized spacial score (nSPS) is 10.2. The van der Waals surface area contributed by atoms with Crippen molar-refractivity contribution in [2.24, 2.45) is 0 Å². The lowest BCUT2D eigenvalue weighted by Gasteiger charge is -2.06. The Hall–Kier alpha value is -1.39. The van der Waals surface area contributed by atoms with Crippen LogP contribution < -0.4 is 10.6 Å². The van der Waals surface area contributed by atoms with Gasteiger partial charge in [0.05, 0.1) is 6.61 Å². The van der Waals surface area contributed by atoms with Gasteiger partial charge in [-0.25, -0.2) is 0 Å². The van der Waals surface area contributed by atoms with Crippen molar-refractivity contribution in [1.82, 2.24) is 10.6 Å². The standard InChI is InChI=1S/C13H20N2O2/c1-2-14-8-7-13(17)15-9-11-3-5-12(10-16)6-4-11/h3-6,14,16H,2,7-10H2,1H3,(H,15,17). The molecule has 0 aliphatic carbocycles. The van der Waals surface area contributed by atoms with E-state index in [9.17, 15) is 4.79 Å². The Morgan fingerprint density at radius 2 is 1.88 bits per heavy atom. The number of aliphatic hydroxyl groups is 1. The van der Waals surface area contributed by atoms with E-state index in [1.165, 1.54) is 0 Å². The Bertz CT molecular complexity index is 336. The van der Waals surface area contributed by atoms with E-state index in [1.54, 1.807) is 0 Å². The number of carbonyl (C=O) groups is 1. The zero-order valence-electron chi connectivity index (χ0n) is 10.2. The van der Waals surface area contributed by atoms with E-state index in [4.69, 9.17) is 5.11 Å². The highest BCUT2D eigenvalue weighted by molar-refractivity contribution is 5.76. The number of carbonyl (C=O) groups excluding carboxylic acids is 1. The van der Waals surface area contributed by atoms with E-state index in [2.05, 4.69) is 10.6 Å². The van der Waals surface area contributed by atoms with Gasteiger partial charge in [-0.2, -0.15) is 0 Å². The maximum atomic E-state index is 11.4. The maximum Gasteiger partial charge on any atom is 0.221 e. The molecule has 0 aliphatic heterocycles. The van der Waals surface area contributed by atoms with Crippen LogP contribution in [0, 0.1) is 0 Å². The molecule has 0 saturated heterocycles. The molecular formula is C13H20N2O2. The summed E-state index contributed by atoms with van der Waals surface area (Å²) in [5.41, 5.74) is 1.92. The fourth-order valence-electron chi connectivity index (χ4n) is 1.43. The van der Waals surface area contributed by atoms with E-state index in [0.717, 1.165) is 17.7 Å². The predicted octanol–water partition coefficient (Wildman–Crippen LogP) is 0.795.